The van der Waals surface area contributed by atoms with Gasteiger partial charge in [-0.2, -0.15) is 11.3 Å². The zero-order chi connectivity index (χ0) is 11.5. The normalized spacial score (nSPS) is 8.27. The van der Waals surface area contributed by atoms with E-state index in [-0.39, 0.29) is 0 Å². The first-order valence-electron chi connectivity index (χ1n) is 5.34. The van der Waals surface area contributed by atoms with Crippen molar-refractivity contribution in [2.45, 2.75) is 34.1 Å². The van der Waals surface area contributed by atoms with Crippen LogP contribution < -0.4 is 0 Å². The minimum atomic E-state index is 1.18. The predicted molar refractivity (Wildman–Crippen MR) is 74.1 cm³/mol. The van der Waals surface area contributed by atoms with E-state index in [1.807, 2.05) is 25.2 Å². The van der Waals surface area contributed by atoms with Crippen LogP contribution in [-0.2, 0) is 6.42 Å². The summed E-state index contributed by atoms with van der Waals surface area (Å²) in [5.74, 6) is 0. The molecular weight excluding hydrogens is 220 g/mol. The van der Waals surface area contributed by atoms with E-state index in [0.29, 0.717) is 0 Å². The lowest BCUT2D eigenvalue weighted by Crippen LogP contribution is -1.63. The third-order valence-electron chi connectivity index (χ3n) is 1.59. The molecule has 0 aromatic carbocycles. The number of hydrogen-bond donors (Lipinski definition) is 0. The van der Waals surface area contributed by atoms with E-state index in [0.717, 1.165) is 0 Å². The Kier molecular flexibility index (Phi) is 9.54. The molecule has 0 N–H and O–H groups in total. The highest BCUT2D eigenvalue weighted by molar-refractivity contribution is 7.09. The van der Waals surface area contributed by atoms with Gasteiger partial charge in [0.25, 0.3) is 0 Å². The first-order chi connectivity index (χ1) is 7.33. The van der Waals surface area contributed by atoms with Crippen LogP contribution in [0.4, 0.5) is 0 Å². The van der Waals surface area contributed by atoms with Gasteiger partial charge in [-0.15, -0.1) is 11.3 Å². The Labute approximate surface area is 102 Å². The lowest BCUT2D eigenvalue weighted by molar-refractivity contribution is 1.19. The van der Waals surface area contributed by atoms with Crippen molar-refractivity contribution in [3.63, 3.8) is 0 Å². The molecule has 0 aliphatic rings. The Hall–Kier alpha value is -0.600. The summed E-state index contributed by atoms with van der Waals surface area (Å²) in [7, 11) is 0. The molecule has 84 valence electrons. The highest BCUT2D eigenvalue weighted by atomic mass is 32.1. The van der Waals surface area contributed by atoms with Gasteiger partial charge in [-0.05, 0) is 47.2 Å². The van der Waals surface area contributed by atoms with E-state index < -0.39 is 0 Å². The molecule has 0 amide bonds. The van der Waals surface area contributed by atoms with E-state index in [1.54, 1.807) is 11.3 Å². The fourth-order valence-corrected chi connectivity index (χ4v) is 2.17. The van der Waals surface area contributed by atoms with E-state index in [4.69, 9.17) is 0 Å². The predicted octanol–water partition coefficient (Wildman–Crippen LogP) is 5.39. The van der Waals surface area contributed by atoms with E-state index in [9.17, 15) is 0 Å². The van der Waals surface area contributed by atoms with Crippen LogP contribution in [0.5, 0.6) is 0 Å². The molecule has 0 unspecified atom stereocenters. The second-order valence-corrected chi connectivity index (χ2v) is 4.55. The quantitative estimate of drug-likeness (QED) is 0.626. The van der Waals surface area contributed by atoms with E-state index >= 15 is 0 Å². The Morgan fingerprint density at radius 3 is 2.07 bits per heavy atom. The summed E-state index contributed by atoms with van der Waals surface area (Å²) in [6, 6.07) is 6.35. The van der Waals surface area contributed by atoms with Gasteiger partial charge < -0.3 is 0 Å². The summed E-state index contributed by atoms with van der Waals surface area (Å²) in [4.78, 5) is 1.47. The molecular formula is C13H20S2. The van der Waals surface area contributed by atoms with Gasteiger partial charge in [0, 0.05) is 4.88 Å². The fraction of sp³-hybridized carbons (Fsp3) is 0.385. The summed E-state index contributed by atoms with van der Waals surface area (Å²) in [6.45, 7) is 8.27. The Morgan fingerprint density at radius 1 is 1.13 bits per heavy atom. The molecule has 0 radical (unpaired) electrons. The first-order valence-corrected chi connectivity index (χ1v) is 7.16. The summed E-state index contributed by atoms with van der Waals surface area (Å²) >= 11 is 3.56. The van der Waals surface area contributed by atoms with Crippen LogP contribution in [0.2, 0.25) is 0 Å². The zero-order valence-corrected chi connectivity index (χ0v) is 11.6. The molecule has 2 aromatic heterocycles. The molecule has 2 aromatic rings. The molecule has 2 heteroatoms. The topological polar surface area (TPSA) is 0 Å². The Morgan fingerprint density at radius 2 is 1.87 bits per heavy atom. The third-order valence-corrected chi connectivity index (χ3v) is 3.41. The minimum Gasteiger partial charge on any atom is -0.152 e. The average molecular weight is 240 g/mol. The van der Waals surface area contributed by atoms with E-state index in [2.05, 4.69) is 48.2 Å². The minimum absolute atomic E-state index is 1.18. The van der Waals surface area contributed by atoms with Crippen LogP contribution in [0, 0.1) is 6.92 Å². The van der Waals surface area contributed by atoms with Crippen molar-refractivity contribution in [3.8, 4) is 0 Å². The molecule has 2 rings (SSSR count). The second kappa shape index (κ2) is 9.94. The van der Waals surface area contributed by atoms with Gasteiger partial charge in [0.2, 0.25) is 0 Å². The lowest BCUT2D eigenvalue weighted by Gasteiger charge is -1.78. The van der Waals surface area contributed by atoms with Crippen molar-refractivity contribution in [2.24, 2.45) is 0 Å². The van der Waals surface area contributed by atoms with Crippen LogP contribution in [0.15, 0.2) is 34.3 Å². The average Bonchev–Trinajstić information content (AvgIpc) is 2.93. The van der Waals surface area contributed by atoms with Gasteiger partial charge in [-0.25, -0.2) is 0 Å². The first kappa shape index (κ1) is 14.4. The maximum Gasteiger partial charge on any atom is 0.00424 e. The van der Waals surface area contributed by atoms with Gasteiger partial charge in [-0.1, -0.05) is 26.8 Å². The van der Waals surface area contributed by atoms with Gasteiger partial charge in [0.15, 0.2) is 0 Å². The standard InChI is InChI=1S/C6H8S.C5H6S.C2H6/c1-2-6-4-3-5-7-6;1-5-2-3-6-4-5;1-2/h3-5H,2H2,1H3;2-4H,1H3;1-2H3. The fourth-order valence-electron chi connectivity index (χ4n) is 0.846. The van der Waals surface area contributed by atoms with Crippen LogP contribution in [0.1, 0.15) is 31.2 Å². The van der Waals surface area contributed by atoms with Crippen molar-refractivity contribution in [3.05, 3.63) is 44.8 Å². The SMILES string of the molecule is CC.CCc1cccs1.Cc1ccsc1. The van der Waals surface area contributed by atoms with Crippen LogP contribution in [-0.4, -0.2) is 0 Å². The molecule has 0 aliphatic heterocycles. The van der Waals surface area contributed by atoms with Crippen molar-refractivity contribution in [2.75, 3.05) is 0 Å². The molecule has 0 saturated carbocycles. The zero-order valence-electron chi connectivity index (χ0n) is 9.99. The van der Waals surface area contributed by atoms with Gasteiger partial charge in [0.05, 0.1) is 0 Å². The maximum absolute atomic E-state index is 2.17. The van der Waals surface area contributed by atoms with Gasteiger partial charge >= 0.3 is 0 Å². The molecule has 0 spiro atoms. The van der Waals surface area contributed by atoms with E-state index in [1.165, 1.54) is 16.9 Å². The van der Waals surface area contributed by atoms with Gasteiger partial charge in [0.1, 0.15) is 0 Å². The molecule has 0 nitrogen and oxygen atoms in total. The highest BCUT2D eigenvalue weighted by Gasteiger charge is 1.82. The van der Waals surface area contributed by atoms with Crippen molar-refractivity contribution in [1.29, 1.82) is 0 Å². The summed E-state index contributed by atoms with van der Waals surface area (Å²) in [5, 5.41) is 6.31. The molecule has 2 heterocycles. The Bertz CT molecular complexity index is 293. The van der Waals surface area contributed by atoms with Crippen LogP contribution in [0.3, 0.4) is 0 Å². The summed E-state index contributed by atoms with van der Waals surface area (Å²) < 4.78 is 0. The number of thiophene rings is 2. The van der Waals surface area contributed by atoms with Crippen molar-refractivity contribution >= 4 is 22.7 Å². The monoisotopic (exact) mass is 240 g/mol. The molecule has 0 fully saturated rings. The molecule has 15 heavy (non-hydrogen) atoms. The molecule has 0 bridgehead atoms. The van der Waals surface area contributed by atoms with Crippen molar-refractivity contribution < 1.29 is 0 Å². The van der Waals surface area contributed by atoms with Gasteiger partial charge in [-0.3, -0.25) is 0 Å². The lowest BCUT2D eigenvalue weighted by atomic mass is 10.4. The maximum atomic E-state index is 2.17. The number of hydrogen-bond acceptors (Lipinski definition) is 2. The smallest absolute Gasteiger partial charge is 0.00424 e. The third kappa shape index (κ3) is 7.34. The number of rotatable bonds is 1. The Balaban J connectivity index is 0.000000227. The second-order valence-electron chi connectivity index (χ2n) is 2.73. The molecule has 0 aliphatic carbocycles. The number of aryl methyl sites for hydroxylation is 2. The van der Waals surface area contributed by atoms with Crippen LogP contribution in [0.25, 0.3) is 0 Å². The highest BCUT2D eigenvalue weighted by Crippen LogP contribution is 2.07. The summed E-state index contributed by atoms with van der Waals surface area (Å²) in [6.07, 6.45) is 1.18. The molecule has 0 atom stereocenters. The molecule has 0 saturated heterocycles. The van der Waals surface area contributed by atoms with Crippen molar-refractivity contribution in [1.82, 2.24) is 0 Å². The van der Waals surface area contributed by atoms with Crippen LogP contribution >= 0.6 is 22.7 Å². The largest absolute Gasteiger partial charge is 0.152 e. The summed E-state index contributed by atoms with van der Waals surface area (Å²) in [5.41, 5.74) is 1.36.